The molecule has 1 N–H and O–H groups in total. The van der Waals surface area contributed by atoms with E-state index >= 15 is 0 Å². The number of benzene rings is 1. The van der Waals surface area contributed by atoms with Crippen molar-refractivity contribution in [3.05, 3.63) is 35.9 Å². The third kappa shape index (κ3) is 3.52. The maximum absolute atomic E-state index is 12.7. The van der Waals surface area contributed by atoms with Crippen molar-refractivity contribution in [2.75, 3.05) is 12.8 Å². The number of amides is 1. The zero-order valence-electron chi connectivity index (χ0n) is 13.1. The van der Waals surface area contributed by atoms with Gasteiger partial charge in [-0.05, 0) is 18.4 Å². The van der Waals surface area contributed by atoms with E-state index in [9.17, 15) is 9.00 Å². The third-order valence-corrected chi connectivity index (χ3v) is 5.28. The highest BCUT2D eigenvalue weighted by molar-refractivity contribution is 7.84. The molecule has 5 heteroatoms. The summed E-state index contributed by atoms with van der Waals surface area (Å²) in [6, 6.07) is 9.79. The van der Waals surface area contributed by atoms with Crippen LogP contribution >= 0.6 is 0 Å². The van der Waals surface area contributed by atoms with Crippen LogP contribution in [0.4, 0.5) is 0 Å². The SMILES string of the molecule is CC(C)C1NC(c2ccccc2)N(CC(C)S(C)=O)C1=O. The zero-order valence-corrected chi connectivity index (χ0v) is 13.9. The first-order valence-corrected chi connectivity index (χ1v) is 8.97. The summed E-state index contributed by atoms with van der Waals surface area (Å²) >= 11 is 0. The maximum atomic E-state index is 12.7. The average Bonchev–Trinajstić information content (AvgIpc) is 2.77. The highest BCUT2D eigenvalue weighted by Crippen LogP contribution is 2.28. The Morgan fingerprint density at radius 1 is 1.24 bits per heavy atom. The van der Waals surface area contributed by atoms with Crippen LogP contribution in [0.1, 0.15) is 32.5 Å². The van der Waals surface area contributed by atoms with Gasteiger partial charge in [-0.2, -0.15) is 0 Å². The van der Waals surface area contributed by atoms with Crippen molar-refractivity contribution >= 4 is 16.7 Å². The van der Waals surface area contributed by atoms with Crippen molar-refractivity contribution in [3.63, 3.8) is 0 Å². The fourth-order valence-electron chi connectivity index (χ4n) is 2.60. The molecule has 1 amide bonds. The van der Waals surface area contributed by atoms with Gasteiger partial charge in [0.05, 0.1) is 6.04 Å². The van der Waals surface area contributed by atoms with Crippen LogP contribution in [0.2, 0.25) is 0 Å². The van der Waals surface area contributed by atoms with Gasteiger partial charge in [0.1, 0.15) is 6.17 Å². The van der Waals surface area contributed by atoms with Crippen LogP contribution in [0.5, 0.6) is 0 Å². The van der Waals surface area contributed by atoms with Crippen molar-refractivity contribution < 1.29 is 9.00 Å². The molecular weight excluding hydrogens is 284 g/mol. The lowest BCUT2D eigenvalue weighted by atomic mass is 10.1. The van der Waals surface area contributed by atoms with Crippen LogP contribution in [-0.4, -0.2) is 39.1 Å². The van der Waals surface area contributed by atoms with E-state index in [-0.39, 0.29) is 29.3 Å². The molecular formula is C16H24N2O2S. The van der Waals surface area contributed by atoms with Gasteiger partial charge in [-0.3, -0.25) is 14.3 Å². The molecule has 0 saturated carbocycles. The second kappa shape index (κ2) is 6.71. The van der Waals surface area contributed by atoms with Crippen LogP contribution in [0.15, 0.2) is 30.3 Å². The minimum Gasteiger partial charge on any atom is -0.320 e. The first-order valence-electron chi connectivity index (χ1n) is 7.35. The van der Waals surface area contributed by atoms with Gasteiger partial charge < -0.3 is 4.90 Å². The summed E-state index contributed by atoms with van der Waals surface area (Å²) in [5, 5.41) is 3.39. The Balaban J connectivity index is 2.27. The van der Waals surface area contributed by atoms with Gasteiger partial charge >= 0.3 is 0 Å². The second-order valence-corrected chi connectivity index (χ2v) is 7.80. The maximum Gasteiger partial charge on any atom is 0.241 e. The number of carbonyl (C=O) groups is 1. The molecule has 4 unspecified atom stereocenters. The number of carbonyl (C=O) groups excluding carboxylic acids is 1. The molecule has 0 radical (unpaired) electrons. The van der Waals surface area contributed by atoms with Crippen molar-refractivity contribution in [3.8, 4) is 0 Å². The van der Waals surface area contributed by atoms with Crippen LogP contribution in [0.3, 0.4) is 0 Å². The molecule has 1 aromatic rings. The summed E-state index contributed by atoms with van der Waals surface area (Å²) in [5.41, 5.74) is 1.07. The van der Waals surface area contributed by atoms with Gasteiger partial charge in [-0.1, -0.05) is 44.2 Å². The lowest BCUT2D eigenvalue weighted by Crippen LogP contribution is -2.38. The number of nitrogens with zero attached hydrogens (tertiary/aromatic N) is 1. The largest absolute Gasteiger partial charge is 0.320 e. The van der Waals surface area contributed by atoms with Gasteiger partial charge in [0, 0.05) is 28.9 Å². The van der Waals surface area contributed by atoms with Gasteiger partial charge in [-0.15, -0.1) is 0 Å². The van der Waals surface area contributed by atoms with Crippen LogP contribution in [-0.2, 0) is 15.6 Å². The first-order chi connectivity index (χ1) is 9.91. The smallest absolute Gasteiger partial charge is 0.241 e. The summed E-state index contributed by atoms with van der Waals surface area (Å²) in [7, 11) is -0.936. The Hall–Kier alpha value is -1.20. The molecule has 4 nitrogen and oxygen atoms in total. The Morgan fingerprint density at radius 3 is 2.38 bits per heavy atom. The first kappa shape index (κ1) is 16.2. The topological polar surface area (TPSA) is 49.4 Å². The highest BCUT2D eigenvalue weighted by Gasteiger charge is 2.41. The molecule has 21 heavy (non-hydrogen) atoms. The molecule has 1 fully saturated rings. The fourth-order valence-corrected chi connectivity index (χ4v) is 2.97. The predicted octanol–water partition coefficient (Wildman–Crippen LogP) is 1.91. The minimum atomic E-state index is -0.936. The number of nitrogens with one attached hydrogen (secondary N) is 1. The summed E-state index contributed by atoms with van der Waals surface area (Å²) in [4.78, 5) is 14.5. The molecule has 1 aliphatic rings. The number of rotatable bonds is 5. The minimum absolute atomic E-state index is 0.0344. The Morgan fingerprint density at radius 2 is 1.86 bits per heavy atom. The van der Waals surface area contributed by atoms with Crippen LogP contribution in [0.25, 0.3) is 0 Å². The quantitative estimate of drug-likeness (QED) is 0.904. The van der Waals surface area contributed by atoms with Crippen molar-refractivity contribution in [2.24, 2.45) is 5.92 Å². The van der Waals surface area contributed by atoms with Gasteiger partial charge in [-0.25, -0.2) is 0 Å². The lowest BCUT2D eigenvalue weighted by Gasteiger charge is -2.26. The van der Waals surface area contributed by atoms with Gasteiger partial charge in [0.25, 0.3) is 0 Å². The number of hydrogen-bond donors (Lipinski definition) is 1. The van der Waals surface area contributed by atoms with E-state index in [1.54, 1.807) is 6.26 Å². The monoisotopic (exact) mass is 308 g/mol. The van der Waals surface area contributed by atoms with Crippen LogP contribution < -0.4 is 5.32 Å². The molecule has 0 aliphatic carbocycles. The Bertz CT molecular complexity index is 518. The average molecular weight is 308 g/mol. The van der Waals surface area contributed by atoms with Gasteiger partial charge in [0.2, 0.25) is 5.91 Å². The van der Waals surface area contributed by atoms with Gasteiger partial charge in [0.15, 0.2) is 0 Å². The van der Waals surface area contributed by atoms with E-state index in [2.05, 4.69) is 5.32 Å². The summed E-state index contributed by atoms with van der Waals surface area (Å²) < 4.78 is 11.6. The molecule has 2 rings (SSSR count). The molecule has 1 heterocycles. The molecule has 0 bridgehead atoms. The van der Waals surface area contributed by atoms with E-state index < -0.39 is 10.8 Å². The van der Waals surface area contributed by atoms with E-state index in [1.807, 2.05) is 56.0 Å². The Kier molecular flexibility index (Phi) is 5.17. The molecule has 1 aromatic carbocycles. The molecule has 1 aliphatic heterocycles. The lowest BCUT2D eigenvalue weighted by molar-refractivity contribution is -0.130. The summed E-state index contributed by atoms with van der Waals surface area (Å²) in [6.45, 7) is 6.52. The highest BCUT2D eigenvalue weighted by atomic mass is 32.2. The summed E-state index contributed by atoms with van der Waals surface area (Å²) in [6.07, 6.45) is 1.56. The van der Waals surface area contributed by atoms with E-state index in [1.165, 1.54) is 0 Å². The van der Waals surface area contributed by atoms with Crippen molar-refractivity contribution in [2.45, 2.75) is 38.2 Å². The molecule has 116 valence electrons. The second-order valence-electron chi connectivity index (χ2n) is 6.00. The fraction of sp³-hybridized carbons (Fsp3) is 0.562. The van der Waals surface area contributed by atoms with E-state index in [0.29, 0.717) is 6.54 Å². The van der Waals surface area contributed by atoms with Crippen molar-refractivity contribution in [1.82, 2.24) is 10.2 Å². The van der Waals surface area contributed by atoms with E-state index in [4.69, 9.17) is 0 Å². The molecule has 1 saturated heterocycles. The summed E-state index contributed by atoms with van der Waals surface area (Å²) in [5.74, 6) is 0.340. The standard InChI is InChI=1S/C16H24N2O2S/c1-11(2)14-16(19)18(10-12(3)21(4)20)15(17-14)13-8-6-5-7-9-13/h5-9,11-12,14-15,17H,10H2,1-4H3. The van der Waals surface area contributed by atoms with E-state index in [0.717, 1.165) is 5.56 Å². The predicted molar refractivity (Wildman–Crippen MR) is 86.2 cm³/mol. The zero-order chi connectivity index (χ0) is 15.6. The molecule has 0 aromatic heterocycles. The molecule has 4 atom stereocenters. The normalized spacial score (nSPS) is 25.4. The molecule has 0 spiro atoms. The van der Waals surface area contributed by atoms with Crippen LogP contribution in [0, 0.1) is 5.92 Å². The number of hydrogen-bond acceptors (Lipinski definition) is 3. The third-order valence-electron chi connectivity index (χ3n) is 4.00. The van der Waals surface area contributed by atoms with Crippen molar-refractivity contribution in [1.29, 1.82) is 0 Å². The Labute approximate surface area is 129 Å².